The average molecular weight is 239 g/mol. The molecule has 1 aromatic heterocycles. The summed E-state index contributed by atoms with van der Waals surface area (Å²) in [6.07, 6.45) is 7.85. The minimum atomic E-state index is -0.399. The highest BCUT2D eigenvalue weighted by Gasteiger charge is 2.32. The molecule has 0 spiro atoms. The average Bonchev–Trinajstić information content (AvgIpc) is 2.62. The third kappa shape index (κ3) is 2.53. The van der Waals surface area contributed by atoms with E-state index >= 15 is 0 Å². The molecule has 0 unspecified atom stereocenters. The maximum absolute atomic E-state index is 9.83. The maximum atomic E-state index is 9.83. The molecule has 1 aromatic rings. The lowest BCUT2D eigenvalue weighted by Crippen LogP contribution is -2.33. The van der Waals surface area contributed by atoms with Crippen molar-refractivity contribution in [3.05, 3.63) is 18.2 Å². The van der Waals surface area contributed by atoms with Crippen LogP contribution in [0.15, 0.2) is 17.3 Å². The van der Waals surface area contributed by atoms with Crippen LogP contribution >= 0.6 is 11.8 Å². The first-order chi connectivity index (χ1) is 7.70. The van der Waals surface area contributed by atoms with Gasteiger partial charge in [0.2, 0.25) is 0 Å². The smallest absolute Gasteiger partial charge is 0.128 e. The molecule has 2 rings (SSSR count). The third-order valence-corrected chi connectivity index (χ3v) is 3.84. The molecule has 3 N–H and O–H groups in total. The fraction of sp³-hybridized carbons (Fsp3) is 0.636. The highest BCUT2D eigenvalue weighted by atomic mass is 32.2. The van der Waals surface area contributed by atoms with Crippen LogP contribution in [0.25, 0.3) is 0 Å². The molecule has 0 bridgehead atoms. The Kier molecular flexibility index (Phi) is 3.78. The van der Waals surface area contributed by atoms with Gasteiger partial charge < -0.3 is 10.8 Å². The Morgan fingerprint density at radius 2 is 2.12 bits per heavy atom. The van der Waals surface area contributed by atoms with Crippen LogP contribution in [0.1, 0.15) is 18.7 Å². The first-order valence-electron chi connectivity index (χ1n) is 5.49. The Balaban J connectivity index is 1.98. The minimum absolute atomic E-state index is 0.0736. The second-order valence-electron chi connectivity index (χ2n) is 4.24. The zero-order valence-corrected chi connectivity index (χ0v) is 10.2. The van der Waals surface area contributed by atoms with Gasteiger partial charge in [-0.25, -0.2) is 9.97 Å². The number of aliphatic hydroxyl groups excluding tert-OH is 1. The monoisotopic (exact) mass is 239 g/mol. The summed E-state index contributed by atoms with van der Waals surface area (Å²) in [6, 6.07) is -0.0736. The molecule has 0 aromatic carbocycles. The van der Waals surface area contributed by atoms with E-state index in [4.69, 9.17) is 5.73 Å². The predicted molar refractivity (Wildman–Crippen MR) is 64.2 cm³/mol. The van der Waals surface area contributed by atoms with Gasteiger partial charge in [0.1, 0.15) is 5.82 Å². The molecular weight excluding hydrogens is 222 g/mol. The summed E-state index contributed by atoms with van der Waals surface area (Å²) in [5.41, 5.74) is 5.77. The normalized spacial score (nSPS) is 29.6. The number of aliphatic hydroxyl groups is 1. The van der Waals surface area contributed by atoms with Gasteiger partial charge in [-0.15, -0.1) is 11.8 Å². The van der Waals surface area contributed by atoms with Crippen LogP contribution in [-0.2, 0) is 6.42 Å². The molecular formula is C11H17N3OS. The SMILES string of the molecule is CSc1cnc(C[C@H]2CC[C@H](N)[C@@H]2O)nc1. The standard InChI is InChI=1S/C11H17N3OS/c1-16-8-5-13-10(14-6-8)4-7-2-3-9(12)11(7)15/h5-7,9,11,15H,2-4,12H2,1H3/t7-,9+,11-/m1/s1. The van der Waals surface area contributed by atoms with Crippen molar-refractivity contribution in [2.24, 2.45) is 11.7 Å². The molecule has 1 fully saturated rings. The van der Waals surface area contributed by atoms with Gasteiger partial charge in [-0.05, 0) is 25.0 Å². The molecule has 16 heavy (non-hydrogen) atoms. The molecule has 4 nitrogen and oxygen atoms in total. The Labute approximate surface area is 99.7 Å². The van der Waals surface area contributed by atoms with E-state index in [2.05, 4.69) is 9.97 Å². The highest BCUT2D eigenvalue weighted by Crippen LogP contribution is 2.27. The van der Waals surface area contributed by atoms with E-state index in [1.54, 1.807) is 11.8 Å². The van der Waals surface area contributed by atoms with E-state index in [0.29, 0.717) is 0 Å². The Morgan fingerprint density at radius 1 is 1.44 bits per heavy atom. The summed E-state index contributed by atoms with van der Waals surface area (Å²) < 4.78 is 0. The van der Waals surface area contributed by atoms with E-state index in [1.807, 2.05) is 18.6 Å². The van der Waals surface area contributed by atoms with Gasteiger partial charge in [0.15, 0.2) is 0 Å². The van der Waals surface area contributed by atoms with Crippen molar-refractivity contribution in [1.29, 1.82) is 0 Å². The van der Waals surface area contributed by atoms with Crippen LogP contribution in [0.5, 0.6) is 0 Å². The molecule has 0 radical (unpaired) electrons. The summed E-state index contributed by atoms with van der Waals surface area (Å²) >= 11 is 1.63. The highest BCUT2D eigenvalue weighted by molar-refractivity contribution is 7.98. The summed E-state index contributed by atoms with van der Waals surface area (Å²) in [5.74, 6) is 1.02. The van der Waals surface area contributed by atoms with Crippen LogP contribution in [0, 0.1) is 5.92 Å². The summed E-state index contributed by atoms with van der Waals surface area (Å²) in [5, 5.41) is 9.83. The maximum Gasteiger partial charge on any atom is 0.128 e. The Morgan fingerprint density at radius 3 is 2.62 bits per heavy atom. The topological polar surface area (TPSA) is 72.0 Å². The third-order valence-electron chi connectivity index (χ3n) is 3.15. The second-order valence-corrected chi connectivity index (χ2v) is 5.11. The van der Waals surface area contributed by atoms with Gasteiger partial charge in [-0.1, -0.05) is 0 Å². The second kappa shape index (κ2) is 5.12. The van der Waals surface area contributed by atoms with Gasteiger partial charge in [0.25, 0.3) is 0 Å². The van der Waals surface area contributed by atoms with Crippen molar-refractivity contribution in [3.63, 3.8) is 0 Å². The Bertz CT molecular complexity index is 344. The van der Waals surface area contributed by atoms with Gasteiger partial charge in [-0.3, -0.25) is 0 Å². The fourth-order valence-electron chi connectivity index (χ4n) is 2.11. The first-order valence-corrected chi connectivity index (χ1v) is 6.71. The van der Waals surface area contributed by atoms with Crippen LogP contribution in [0.3, 0.4) is 0 Å². The van der Waals surface area contributed by atoms with E-state index in [1.165, 1.54) is 0 Å². The quantitative estimate of drug-likeness (QED) is 0.765. The van der Waals surface area contributed by atoms with Crippen LogP contribution in [-0.4, -0.2) is 33.5 Å². The Hall–Kier alpha value is -0.650. The molecule has 0 amide bonds. The number of nitrogens with zero attached hydrogens (tertiary/aromatic N) is 2. The number of aromatic nitrogens is 2. The van der Waals surface area contributed by atoms with E-state index in [0.717, 1.165) is 30.0 Å². The molecule has 0 aliphatic heterocycles. The van der Waals surface area contributed by atoms with E-state index < -0.39 is 6.10 Å². The van der Waals surface area contributed by atoms with Gasteiger partial charge in [0.05, 0.1) is 6.10 Å². The zero-order chi connectivity index (χ0) is 11.5. The largest absolute Gasteiger partial charge is 0.391 e. The summed E-state index contributed by atoms with van der Waals surface area (Å²) in [7, 11) is 0. The number of rotatable bonds is 3. The summed E-state index contributed by atoms with van der Waals surface area (Å²) in [6.45, 7) is 0. The van der Waals surface area contributed by atoms with Crippen molar-refractivity contribution < 1.29 is 5.11 Å². The lowest BCUT2D eigenvalue weighted by atomic mass is 10.0. The minimum Gasteiger partial charge on any atom is -0.391 e. The lowest BCUT2D eigenvalue weighted by molar-refractivity contribution is 0.117. The molecule has 5 heteroatoms. The van der Waals surface area contributed by atoms with E-state index in [9.17, 15) is 5.11 Å². The summed E-state index contributed by atoms with van der Waals surface area (Å²) in [4.78, 5) is 9.64. The van der Waals surface area contributed by atoms with Gasteiger partial charge >= 0.3 is 0 Å². The van der Waals surface area contributed by atoms with Crippen molar-refractivity contribution in [2.45, 2.75) is 36.3 Å². The zero-order valence-electron chi connectivity index (χ0n) is 9.34. The number of hydrogen-bond donors (Lipinski definition) is 2. The lowest BCUT2D eigenvalue weighted by Gasteiger charge is -2.15. The van der Waals surface area contributed by atoms with Crippen molar-refractivity contribution >= 4 is 11.8 Å². The molecule has 0 saturated heterocycles. The van der Waals surface area contributed by atoms with Crippen LogP contribution in [0.2, 0.25) is 0 Å². The first kappa shape index (κ1) is 11.8. The van der Waals surface area contributed by atoms with Crippen molar-refractivity contribution in [2.75, 3.05) is 6.26 Å². The fourth-order valence-corrected chi connectivity index (χ4v) is 2.42. The van der Waals surface area contributed by atoms with Crippen LogP contribution < -0.4 is 5.73 Å². The molecule has 1 aliphatic rings. The number of nitrogens with two attached hydrogens (primary N) is 1. The molecule has 1 aliphatic carbocycles. The van der Waals surface area contributed by atoms with Crippen LogP contribution in [0.4, 0.5) is 0 Å². The van der Waals surface area contributed by atoms with E-state index in [-0.39, 0.29) is 12.0 Å². The molecule has 1 heterocycles. The van der Waals surface area contributed by atoms with Crippen molar-refractivity contribution in [1.82, 2.24) is 9.97 Å². The van der Waals surface area contributed by atoms with Gasteiger partial charge in [-0.2, -0.15) is 0 Å². The molecule has 88 valence electrons. The van der Waals surface area contributed by atoms with Crippen molar-refractivity contribution in [3.8, 4) is 0 Å². The predicted octanol–water partition coefficient (Wildman–Crippen LogP) is 0.839. The van der Waals surface area contributed by atoms with Gasteiger partial charge in [0, 0.05) is 29.8 Å². The molecule has 1 saturated carbocycles. The number of thioether (sulfide) groups is 1. The molecule has 3 atom stereocenters. The number of hydrogen-bond acceptors (Lipinski definition) is 5.